The molecular weight excluding hydrogens is 180 g/mol. The van der Waals surface area contributed by atoms with Gasteiger partial charge in [-0.1, -0.05) is 0 Å². The van der Waals surface area contributed by atoms with Gasteiger partial charge in [0.2, 0.25) is 5.91 Å². The van der Waals surface area contributed by atoms with Crippen molar-refractivity contribution in [3.63, 3.8) is 0 Å². The highest BCUT2D eigenvalue weighted by atomic mass is 16.3. The molecule has 1 aliphatic heterocycles. The van der Waals surface area contributed by atoms with Crippen LogP contribution in [0.2, 0.25) is 0 Å². The van der Waals surface area contributed by atoms with Crippen molar-refractivity contribution in [1.82, 2.24) is 10.6 Å². The van der Waals surface area contributed by atoms with Gasteiger partial charge in [-0.15, -0.1) is 0 Å². The van der Waals surface area contributed by atoms with Crippen molar-refractivity contribution in [2.24, 2.45) is 5.92 Å². The lowest BCUT2D eigenvalue weighted by molar-refractivity contribution is -0.123. The molecule has 0 bridgehead atoms. The number of carbonyl (C=O) groups excluding carboxylic acids is 1. The van der Waals surface area contributed by atoms with Crippen LogP contribution in [0.3, 0.4) is 0 Å². The van der Waals surface area contributed by atoms with Gasteiger partial charge in [0, 0.05) is 12.5 Å². The van der Waals surface area contributed by atoms with Gasteiger partial charge < -0.3 is 15.7 Å². The fourth-order valence-electron chi connectivity index (χ4n) is 1.73. The summed E-state index contributed by atoms with van der Waals surface area (Å²) in [5.74, 6) is 0.584. The zero-order chi connectivity index (χ0) is 10.4. The average Bonchev–Trinajstić information content (AvgIpc) is 2.19. The second-order valence-corrected chi connectivity index (χ2v) is 4.05. The van der Waals surface area contributed by atoms with Crippen molar-refractivity contribution in [2.75, 3.05) is 19.7 Å². The summed E-state index contributed by atoms with van der Waals surface area (Å²) in [6.45, 7) is 3.86. The molecule has 0 saturated carbocycles. The van der Waals surface area contributed by atoms with E-state index in [1.54, 1.807) is 6.92 Å². The van der Waals surface area contributed by atoms with Crippen LogP contribution in [0.15, 0.2) is 0 Å². The molecule has 0 spiro atoms. The number of aliphatic hydroxyl groups is 1. The smallest absolute Gasteiger partial charge is 0.220 e. The van der Waals surface area contributed by atoms with Crippen molar-refractivity contribution in [2.45, 2.75) is 32.2 Å². The molecule has 14 heavy (non-hydrogen) atoms. The Hall–Kier alpha value is -0.610. The number of hydrogen-bond donors (Lipinski definition) is 3. The van der Waals surface area contributed by atoms with Crippen LogP contribution in [0.4, 0.5) is 0 Å². The Kier molecular flexibility index (Phi) is 4.90. The Balaban J connectivity index is 2.18. The van der Waals surface area contributed by atoms with Crippen LogP contribution in [0.1, 0.15) is 26.2 Å². The minimum absolute atomic E-state index is 0.0119. The Labute approximate surface area is 85.1 Å². The molecule has 1 fully saturated rings. The van der Waals surface area contributed by atoms with Crippen molar-refractivity contribution < 1.29 is 9.90 Å². The number of rotatable bonds is 4. The van der Waals surface area contributed by atoms with Crippen LogP contribution < -0.4 is 10.6 Å². The predicted octanol–water partition coefficient (Wildman–Crippen LogP) is -0.127. The highest BCUT2D eigenvalue weighted by Gasteiger charge is 2.17. The maximum absolute atomic E-state index is 11.4. The van der Waals surface area contributed by atoms with E-state index >= 15 is 0 Å². The third-order valence-electron chi connectivity index (χ3n) is 2.61. The number of piperidine rings is 1. The molecule has 0 aliphatic carbocycles. The predicted molar refractivity (Wildman–Crippen MR) is 54.9 cm³/mol. The molecular formula is C10H20N2O2. The SMILES string of the molecule is CC(CO)NC(=O)CC1CCNCC1. The van der Waals surface area contributed by atoms with Gasteiger partial charge in [-0.25, -0.2) is 0 Å². The maximum atomic E-state index is 11.4. The van der Waals surface area contributed by atoms with Crippen LogP contribution in [0.5, 0.6) is 0 Å². The highest BCUT2D eigenvalue weighted by Crippen LogP contribution is 2.15. The molecule has 3 N–H and O–H groups in total. The van der Waals surface area contributed by atoms with E-state index in [4.69, 9.17) is 5.11 Å². The molecule has 0 aromatic carbocycles. The van der Waals surface area contributed by atoms with Gasteiger partial charge in [0.1, 0.15) is 0 Å². The minimum Gasteiger partial charge on any atom is -0.394 e. The molecule has 1 rings (SSSR count). The van der Waals surface area contributed by atoms with Gasteiger partial charge in [0.05, 0.1) is 6.61 Å². The number of carbonyl (C=O) groups is 1. The normalized spacial score (nSPS) is 20.4. The third-order valence-corrected chi connectivity index (χ3v) is 2.61. The molecule has 1 atom stereocenters. The summed E-state index contributed by atoms with van der Waals surface area (Å²) in [5.41, 5.74) is 0. The molecule has 4 heteroatoms. The van der Waals surface area contributed by atoms with E-state index in [1.807, 2.05) is 0 Å². The van der Waals surface area contributed by atoms with Gasteiger partial charge >= 0.3 is 0 Å². The Morgan fingerprint density at radius 3 is 2.79 bits per heavy atom. The van der Waals surface area contributed by atoms with Crippen molar-refractivity contribution in [1.29, 1.82) is 0 Å². The first-order chi connectivity index (χ1) is 6.72. The molecule has 0 aromatic rings. The first kappa shape index (κ1) is 11.5. The highest BCUT2D eigenvalue weighted by molar-refractivity contribution is 5.76. The van der Waals surface area contributed by atoms with Crippen molar-refractivity contribution in [3.8, 4) is 0 Å². The standard InChI is InChI=1S/C10H20N2O2/c1-8(7-13)12-10(14)6-9-2-4-11-5-3-9/h8-9,11,13H,2-7H2,1H3,(H,12,14). The summed E-state index contributed by atoms with van der Waals surface area (Å²) >= 11 is 0. The van der Waals surface area contributed by atoms with Crippen LogP contribution in [-0.2, 0) is 4.79 Å². The van der Waals surface area contributed by atoms with E-state index in [0.717, 1.165) is 25.9 Å². The van der Waals surface area contributed by atoms with E-state index in [1.165, 1.54) is 0 Å². The molecule has 4 nitrogen and oxygen atoms in total. The first-order valence-corrected chi connectivity index (χ1v) is 5.33. The number of aliphatic hydroxyl groups excluding tert-OH is 1. The van der Waals surface area contributed by atoms with Gasteiger partial charge in [0.25, 0.3) is 0 Å². The summed E-state index contributed by atoms with van der Waals surface area (Å²) in [7, 11) is 0. The lowest BCUT2D eigenvalue weighted by Gasteiger charge is -2.22. The van der Waals surface area contributed by atoms with Crippen LogP contribution >= 0.6 is 0 Å². The monoisotopic (exact) mass is 200 g/mol. The zero-order valence-electron chi connectivity index (χ0n) is 8.75. The third kappa shape index (κ3) is 4.07. The zero-order valence-corrected chi connectivity index (χ0v) is 8.75. The van der Waals surface area contributed by atoms with E-state index in [9.17, 15) is 4.79 Å². The lowest BCUT2D eigenvalue weighted by Crippen LogP contribution is -2.37. The first-order valence-electron chi connectivity index (χ1n) is 5.33. The Bertz CT molecular complexity index is 179. The second kappa shape index (κ2) is 5.98. The maximum Gasteiger partial charge on any atom is 0.220 e. The fraction of sp³-hybridized carbons (Fsp3) is 0.900. The summed E-state index contributed by atoms with van der Waals surface area (Å²) in [5, 5.41) is 14.8. The van der Waals surface area contributed by atoms with E-state index < -0.39 is 0 Å². The van der Waals surface area contributed by atoms with Crippen LogP contribution in [-0.4, -0.2) is 36.8 Å². The molecule has 1 aliphatic rings. The van der Waals surface area contributed by atoms with Gasteiger partial charge in [0.15, 0.2) is 0 Å². The minimum atomic E-state index is -0.121. The largest absolute Gasteiger partial charge is 0.394 e. The Morgan fingerprint density at radius 2 is 2.21 bits per heavy atom. The molecule has 1 amide bonds. The quantitative estimate of drug-likeness (QED) is 0.592. The molecule has 0 aromatic heterocycles. The summed E-state index contributed by atoms with van der Waals surface area (Å²) in [6.07, 6.45) is 2.77. The fourth-order valence-corrected chi connectivity index (χ4v) is 1.73. The summed E-state index contributed by atoms with van der Waals surface area (Å²) in [6, 6.07) is -0.121. The number of amides is 1. The topological polar surface area (TPSA) is 61.4 Å². The number of hydrogen-bond acceptors (Lipinski definition) is 3. The van der Waals surface area contributed by atoms with Crippen LogP contribution in [0.25, 0.3) is 0 Å². The second-order valence-electron chi connectivity index (χ2n) is 4.05. The summed E-state index contributed by atoms with van der Waals surface area (Å²) < 4.78 is 0. The molecule has 1 saturated heterocycles. The van der Waals surface area contributed by atoms with Crippen LogP contribution in [0, 0.1) is 5.92 Å². The van der Waals surface area contributed by atoms with Crippen molar-refractivity contribution in [3.05, 3.63) is 0 Å². The van der Waals surface area contributed by atoms with Crippen molar-refractivity contribution >= 4 is 5.91 Å². The summed E-state index contributed by atoms with van der Waals surface area (Å²) in [4.78, 5) is 11.4. The number of nitrogens with one attached hydrogen (secondary N) is 2. The lowest BCUT2D eigenvalue weighted by atomic mass is 9.94. The van der Waals surface area contributed by atoms with E-state index in [2.05, 4.69) is 10.6 Å². The molecule has 82 valence electrons. The van der Waals surface area contributed by atoms with E-state index in [-0.39, 0.29) is 18.6 Å². The van der Waals surface area contributed by atoms with Gasteiger partial charge in [-0.3, -0.25) is 4.79 Å². The molecule has 1 heterocycles. The average molecular weight is 200 g/mol. The Morgan fingerprint density at radius 1 is 1.57 bits per heavy atom. The molecule has 0 radical (unpaired) electrons. The molecule has 1 unspecified atom stereocenters. The van der Waals surface area contributed by atoms with Gasteiger partial charge in [-0.2, -0.15) is 0 Å². The van der Waals surface area contributed by atoms with E-state index in [0.29, 0.717) is 12.3 Å². The van der Waals surface area contributed by atoms with Gasteiger partial charge in [-0.05, 0) is 38.8 Å².